The van der Waals surface area contributed by atoms with Crippen LogP contribution < -0.4 is 10.8 Å². The molecule has 2 aromatic carbocycles. The number of aliphatic hydroxyl groups excluding tert-OH is 1. The van der Waals surface area contributed by atoms with E-state index in [1.807, 2.05) is 48.5 Å². The molecule has 0 aromatic heterocycles. The van der Waals surface area contributed by atoms with Crippen molar-refractivity contribution >= 4 is 11.8 Å². The first-order valence-corrected chi connectivity index (χ1v) is 16.1. The summed E-state index contributed by atoms with van der Waals surface area (Å²) in [6, 6.07) is 16.1. The summed E-state index contributed by atoms with van der Waals surface area (Å²) in [7, 11) is 0. The normalized spacial score (nSPS) is 21.5. The fourth-order valence-electron chi connectivity index (χ4n) is 5.88. The predicted octanol–water partition coefficient (Wildman–Crippen LogP) is 5.45. The first-order valence-electron chi connectivity index (χ1n) is 16.1. The molecule has 0 bridgehead atoms. The van der Waals surface area contributed by atoms with Crippen molar-refractivity contribution in [1.82, 2.24) is 15.7 Å². The van der Waals surface area contributed by atoms with E-state index in [0.29, 0.717) is 25.8 Å². The van der Waals surface area contributed by atoms with Gasteiger partial charge in [0.15, 0.2) is 6.29 Å². The van der Waals surface area contributed by atoms with Gasteiger partial charge in [0.2, 0.25) is 11.8 Å². The Morgan fingerprint density at radius 1 is 0.767 bits per heavy atom. The minimum absolute atomic E-state index is 0.0123. The van der Waals surface area contributed by atoms with Crippen LogP contribution in [0.25, 0.3) is 0 Å². The molecule has 2 saturated heterocycles. The number of likely N-dealkylation sites (tertiary alicyclic amines) is 1. The van der Waals surface area contributed by atoms with Crippen LogP contribution in [0.1, 0.15) is 112 Å². The van der Waals surface area contributed by atoms with Gasteiger partial charge in [-0.15, -0.1) is 0 Å². The van der Waals surface area contributed by atoms with Crippen molar-refractivity contribution in [2.75, 3.05) is 19.6 Å². The zero-order valence-electron chi connectivity index (χ0n) is 25.3. The largest absolute Gasteiger partial charge is 0.392 e. The maximum Gasteiger partial charge on any atom is 0.243 e. The van der Waals surface area contributed by atoms with Crippen LogP contribution in [0.5, 0.6) is 0 Å². The van der Waals surface area contributed by atoms with E-state index in [2.05, 4.69) is 10.2 Å². The van der Waals surface area contributed by atoms with Crippen molar-refractivity contribution in [3.63, 3.8) is 0 Å². The highest BCUT2D eigenvalue weighted by molar-refractivity contribution is 5.75. The summed E-state index contributed by atoms with van der Waals surface area (Å²) in [5.41, 5.74) is 5.58. The molecule has 2 aliphatic rings. The highest BCUT2D eigenvalue weighted by atomic mass is 16.7. The molecule has 2 fully saturated rings. The Morgan fingerprint density at radius 2 is 1.37 bits per heavy atom. The number of ether oxygens (including phenoxy) is 2. The number of nitrogens with one attached hydrogen (secondary N) is 2. The zero-order chi connectivity index (χ0) is 30.3. The lowest BCUT2D eigenvalue weighted by Crippen LogP contribution is -2.40. The maximum absolute atomic E-state index is 12.3. The summed E-state index contributed by atoms with van der Waals surface area (Å²) >= 11 is 0. The molecular formula is C34H49N3O6. The van der Waals surface area contributed by atoms with Gasteiger partial charge >= 0.3 is 0 Å². The molecule has 2 heterocycles. The Bertz CT molecular complexity index is 1100. The molecule has 3 atom stereocenters. The van der Waals surface area contributed by atoms with Crippen LogP contribution in [-0.2, 0) is 32.2 Å². The van der Waals surface area contributed by atoms with Gasteiger partial charge in [0.05, 0.1) is 18.8 Å². The van der Waals surface area contributed by atoms with Gasteiger partial charge in [-0.1, -0.05) is 80.6 Å². The van der Waals surface area contributed by atoms with Crippen LogP contribution in [0, 0.1) is 0 Å². The number of carbonyl (C=O) groups excluding carboxylic acids is 2. The van der Waals surface area contributed by atoms with E-state index in [1.54, 1.807) is 5.48 Å². The van der Waals surface area contributed by atoms with Crippen LogP contribution in [0.3, 0.4) is 0 Å². The highest BCUT2D eigenvalue weighted by Crippen LogP contribution is 2.38. The topological polar surface area (TPSA) is 120 Å². The number of hydrogen-bond donors (Lipinski definition) is 4. The van der Waals surface area contributed by atoms with Crippen molar-refractivity contribution in [1.29, 1.82) is 0 Å². The molecule has 9 heteroatoms. The zero-order valence-corrected chi connectivity index (χ0v) is 25.3. The average molecular weight is 596 g/mol. The monoisotopic (exact) mass is 595 g/mol. The quantitative estimate of drug-likeness (QED) is 0.130. The second-order valence-corrected chi connectivity index (χ2v) is 11.9. The van der Waals surface area contributed by atoms with Gasteiger partial charge in [-0.25, -0.2) is 5.48 Å². The molecule has 2 aromatic rings. The lowest BCUT2D eigenvalue weighted by Gasteiger charge is -2.38. The molecule has 0 aliphatic carbocycles. The molecule has 2 amide bonds. The summed E-state index contributed by atoms with van der Waals surface area (Å²) in [5, 5.41) is 21.0. The molecular weight excluding hydrogens is 546 g/mol. The van der Waals surface area contributed by atoms with E-state index in [-0.39, 0.29) is 30.6 Å². The summed E-state index contributed by atoms with van der Waals surface area (Å²) < 4.78 is 13.1. The Hall–Kier alpha value is -2.82. The summed E-state index contributed by atoms with van der Waals surface area (Å²) in [6.07, 6.45) is 10.6. The first-order chi connectivity index (χ1) is 21.0. The van der Waals surface area contributed by atoms with E-state index in [4.69, 9.17) is 14.7 Å². The summed E-state index contributed by atoms with van der Waals surface area (Å²) in [4.78, 5) is 25.9. The Kier molecular flexibility index (Phi) is 13.9. The maximum atomic E-state index is 12.3. The van der Waals surface area contributed by atoms with Crippen molar-refractivity contribution in [2.24, 2.45) is 0 Å². The molecule has 236 valence electrons. The van der Waals surface area contributed by atoms with Gasteiger partial charge in [-0.05, 0) is 55.5 Å². The number of nitrogens with zero attached hydrogens (tertiary/aromatic N) is 1. The number of rotatable bonds is 14. The first kappa shape index (κ1) is 33.1. The number of aliphatic hydroxyl groups is 1. The minimum atomic E-state index is -0.483. The van der Waals surface area contributed by atoms with Crippen LogP contribution in [-0.4, -0.2) is 52.8 Å². The number of unbranched alkanes of at least 4 members (excludes halogenated alkanes) is 3. The number of amides is 2. The third-order valence-corrected chi connectivity index (χ3v) is 8.45. The van der Waals surface area contributed by atoms with Crippen LogP contribution in [0.2, 0.25) is 0 Å². The Balaban J connectivity index is 1.30. The number of hydrogen-bond acceptors (Lipinski definition) is 7. The molecule has 4 rings (SSSR count). The molecule has 4 N–H and O–H groups in total. The second kappa shape index (κ2) is 18.1. The van der Waals surface area contributed by atoms with Gasteiger partial charge < -0.3 is 24.8 Å². The van der Waals surface area contributed by atoms with Crippen molar-refractivity contribution < 1.29 is 29.4 Å². The molecule has 2 aliphatic heterocycles. The third-order valence-electron chi connectivity index (χ3n) is 8.45. The average Bonchev–Trinajstić information content (AvgIpc) is 3.03. The molecule has 43 heavy (non-hydrogen) atoms. The second-order valence-electron chi connectivity index (χ2n) is 11.9. The van der Waals surface area contributed by atoms with Gasteiger partial charge in [0, 0.05) is 37.9 Å². The van der Waals surface area contributed by atoms with E-state index in [1.165, 1.54) is 32.1 Å². The SMILES string of the molecule is O=C(CCCCCCC(=O)NCc1ccc([C@@H]2O[C@H](CN3CCCCCCC3)C[C@H](c3ccc(CO)cc3)O2)cc1)NO. The molecule has 9 nitrogen and oxygen atoms in total. The third kappa shape index (κ3) is 11.3. The van der Waals surface area contributed by atoms with Gasteiger partial charge in [-0.3, -0.25) is 14.8 Å². The number of benzene rings is 2. The lowest BCUT2D eigenvalue weighted by atomic mass is 9.99. The molecule has 0 radical (unpaired) electrons. The molecule has 0 saturated carbocycles. The fraction of sp³-hybridized carbons (Fsp3) is 0.588. The van der Waals surface area contributed by atoms with E-state index in [0.717, 1.165) is 67.6 Å². The number of hydroxylamine groups is 1. The molecule has 0 spiro atoms. The van der Waals surface area contributed by atoms with Crippen molar-refractivity contribution in [3.05, 3.63) is 70.8 Å². The standard InChI is InChI=1S/C34H49N3O6/c38-25-27-14-16-28(17-15-27)31-22-30(24-37-20-8-4-1-5-9-21-37)42-34(43-31)29-18-12-26(13-19-29)23-35-32(39)10-6-2-3-7-11-33(40)36-41/h12-19,30-31,34,38,41H,1-11,20-25H2,(H,35,39)(H,36,40)/t30-,31+,34+/m0/s1. The molecule has 0 unspecified atom stereocenters. The van der Waals surface area contributed by atoms with Crippen molar-refractivity contribution in [2.45, 2.75) is 109 Å². The van der Waals surface area contributed by atoms with Crippen LogP contribution in [0.15, 0.2) is 48.5 Å². The lowest BCUT2D eigenvalue weighted by molar-refractivity contribution is -0.253. The van der Waals surface area contributed by atoms with Gasteiger partial charge in [0.1, 0.15) is 0 Å². The van der Waals surface area contributed by atoms with Gasteiger partial charge in [0.25, 0.3) is 0 Å². The summed E-state index contributed by atoms with van der Waals surface area (Å²) in [6.45, 7) is 3.61. The van der Waals surface area contributed by atoms with Crippen LogP contribution in [0.4, 0.5) is 0 Å². The van der Waals surface area contributed by atoms with E-state index >= 15 is 0 Å². The van der Waals surface area contributed by atoms with Crippen molar-refractivity contribution in [3.8, 4) is 0 Å². The minimum Gasteiger partial charge on any atom is -0.392 e. The van der Waals surface area contributed by atoms with E-state index in [9.17, 15) is 14.7 Å². The van der Waals surface area contributed by atoms with E-state index < -0.39 is 6.29 Å². The fourth-order valence-corrected chi connectivity index (χ4v) is 5.88. The Morgan fingerprint density at radius 3 is 2.02 bits per heavy atom. The Labute approximate surface area is 255 Å². The smallest absolute Gasteiger partial charge is 0.243 e. The van der Waals surface area contributed by atoms with Crippen LogP contribution >= 0.6 is 0 Å². The summed E-state index contributed by atoms with van der Waals surface area (Å²) in [5.74, 6) is -0.361. The predicted molar refractivity (Wildman–Crippen MR) is 164 cm³/mol. The number of carbonyl (C=O) groups is 2. The van der Waals surface area contributed by atoms with Gasteiger partial charge in [-0.2, -0.15) is 0 Å². The highest BCUT2D eigenvalue weighted by Gasteiger charge is 2.33.